The van der Waals surface area contributed by atoms with Crippen molar-refractivity contribution in [2.45, 2.75) is 51.2 Å². The van der Waals surface area contributed by atoms with E-state index in [9.17, 15) is 19.5 Å². The lowest BCUT2D eigenvalue weighted by atomic mass is 9.57. The average Bonchev–Trinajstić information content (AvgIpc) is 3.05. The van der Waals surface area contributed by atoms with Crippen LogP contribution in [0.25, 0.3) is 0 Å². The number of carbonyl (C=O) groups excluding carboxylic acids is 2. The molecule has 33 heavy (non-hydrogen) atoms. The summed E-state index contributed by atoms with van der Waals surface area (Å²) in [6, 6.07) is 9.42. The van der Waals surface area contributed by atoms with Gasteiger partial charge in [-0.15, -0.1) is 0 Å². The molecule has 0 radical (unpaired) electrons. The second kappa shape index (κ2) is 9.33. The maximum atomic E-state index is 14.0. The van der Waals surface area contributed by atoms with Gasteiger partial charge in [0.2, 0.25) is 5.91 Å². The highest BCUT2D eigenvalue weighted by molar-refractivity contribution is 5.92. The second-order valence-corrected chi connectivity index (χ2v) is 10.2. The smallest absolute Gasteiger partial charge is 0.408 e. The van der Waals surface area contributed by atoms with E-state index in [1.165, 1.54) is 12.0 Å². The predicted octanol–water partition coefficient (Wildman–Crippen LogP) is 2.58. The Morgan fingerprint density at radius 3 is 2.58 bits per heavy atom. The third-order valence-corrected chi connectivity index (χ3v) is 7.78. The molecule has 180 valence electrons. The molecule has 2 amide bonds. The summed E-state index contributed by atoms with van der Waals surface area (Å²) < 4.78 is 4.88. The van der Waals surface area contributed by atoms with Gasteiger partial charge in [-0.3, -0.25) is 19.4 Å². The van der Waals surface area contributed by atoms with Crippen LogP contribution in [0.4, 0.5) is 4.79 Å². The molecule has 1 aromatic rings. The standard InChI is InChI=1S/C25H35N3O5/c1-16(2)13-27-15-19-11-18-14-28(24(31)32)25(19,22(27)20(18)9-10-21(29)33-3)23(30)26-12-17-7-5-4-6-8-17/h4-8,16,18-20,22H,9-15H2,1-3H3,(H,26,30)(H,31,32). The van der Waals surface area contributed by atoms with E-state index in [2.05, 4.69) is 24.1 Å². The van der Waals surface area contributed by atoms with Gasteiger partial charge in [0.25, 0.3) is 0 Å². The van der Waals surface area contributed by atoms with Gasteiger partial charge >= 0.3 is 12.1 Å². The van der Waals surface area contributed by atoms with Crippen molar-refractivity contribution in [3.63, 3.8) is 0 Å². The highest BCUT2D eigenvalue weighted by Crippen LogP contribution is 2.57. The number of esters is 1. The molecule has 5 atom stereocenters. The highest BCUT2D eigenvalue weighted by Gasteiger charge is 2.72. The van der Waals surface area contributed by atoms with E-state index < -0.39 is 11.6 Å². The zero-order chi connectivity index (χ0) is 23.8. The van der Waals surface area contributed by atoms with E-state index in [4.69, 9.17) is 4.74 Å². The van der Waals surface area contributed by atoms with E-state index in [0.717, 1.165) is 18.5 Å². The Balaban J connectivity index is 1.69. The van der Waals surface area contributed by atoms with Crippen LogP contribution in [0.15, 0.2) is 30.3 Å². The lowest BCUT2D eigenvalue weighted by Gasteiger charge is -2.60. The molecule has 4 aliphatic rings. The minimum absolute atomic E-state index is 0.0544. The van der Waals surface area contributed by atoms with Crippen LogP contribution in [0.1, 0.15) is 38.7 Å². The number of piperidine rings is 2. The normalized spacial score (nSPS) is 30.5. The molecule has 3 heterocycles. The fourth-order valence-corrected chi connectivity index (χ4v) is 6.72. The van der Waals surface area contributed by atoms with Crippen LogP contribution >= 0.6 is 0 Å². The van der Waals surface area contributed by atoms with Crippen molar-refractivity contribution in [2.75, 3.05) is 26.7 Å². The van der Waals surface area contributed by atoms with Gasteiger partial charge in [-0.2, -0.15) is 0 Å². The first-order valence-corrected chi connectivity index (χ1v) is 11.9. The first kappa shape index (κ1) is 23.5. The fourth-order valence-electron chi connectivity index (χ4n) is 6.72. The van der Waals surface area contributed by atoms with Crippen LogP contribution in [0, 0.1) is 23.7 Å². The van der Waals surface area contributed by atoms with E-state index in [1.54, 1.807) is 0 Å². The summed E-state index contributed by atoms with van der Waals surface area (Å²) in [6.07, 6.45) is 0.648. The lowest BCUT2D eigenvalue weighted by molar-refractivity contribution is -0.156. The van der Waals surface area contributed by atoms with Crippen molar-refractivity contribution in [3.05, 3.63) is 35.9 Å². The maximum Gasteiger partial charge on any atom is 0.408 e. The summed E-state index contributed by atoms with van der Waals surface area (Å²) in [5, 5.41) is 13.3. The highest BCUT2D eigenvalue weighted by atomic mass is 16.5. The number of likely N-dealkylation sites (tertiary alicyclic amines) is 1. The summed E-state index contributed by atoms with van der Waals surface area (Å²) in [5.74, 6) is 0.0600. The van der Waals surface area contributed by atoms with Crippen molar-refractivity contribution >= 4 is 18.0 Å². The Hall–Kier alpha value is -2.61. The Labute approximate surface area is 195 Å². The molecule has 4 fully saturated rings. The molecule has 3 saturated heterocycles. The van der Waals surface area contributed by atoms with Crippen molar-refractivity contribution in [1.29, 1.82) is 0 Å². The first-order chi connectivity index (χ1) is 15.8. The quantitative estimate of drug-likeness (QED) is 0.582. The Morgan fingerprint density at radius 1 is 1.21 bits per heavy atom. The molecule has 1 aromatic carbocycles. The summed E-state index contributed by atoms with van der Waals surface area (Å²) in [7, 11) is 1.39. The van der Waals surface area contributed by atoms with Crippen molar-refractivity contribution in [2.24, 2.45) is 23.7 Å². The lowest BCUT2D eigenvalue weighted by Crippen LogP contribution is -2.77. The van der Waals surface area contributed by atoms with Crippen LogP contribution in [0.3, 0.4) is 0 Å². The van der Waals surface area contributed by atoms with E-state index >= 15 is 0 Å². The number of nitrogens with zero attached hydrogens (tertiary/aromatic N) is 2. The number of ether oxygens (including phenoxy) is 1. The van der Waals surface area contributed by atoms with Gasteiger partial charge in [0.05, 0.1) is 7.11 Å². The first-order valence-electron chi connectivity index (χ1n) is 11.9. The molecular formula is C25H35N3O5. The number of amides is 2. The van der Waals surface area contributed by atoms with Crippen LogP contribution in [-0.2, 0) is 20.9 Å². The molecule has 4 bridgehead atoms. The van der Waals surface area contributed by atoms with E-state index in [0.29, 0.717) is 32.0 Å². The molecule has 0 spiro atoms. The monoisotopic (exact) mass is 457 g/mol. The van der Waals surface area contributed by atoms with Gasteiger partial charge in [0.1, 0.15) is 5.54 Å². The molecule has 1 saturated carbocycles. The molecule has 2 N–H and O–H groups in total. The third-order valence-electron chi connectivity index (χ3n) is 7.78. The molecule has 1 aliphatic carbocycles. The molecule has 5 rings (SSSR count). The van der Waals surface area contributed by atoms with E-state index in [1.807, 2.05) is 30.3 Å². The Morgan fingerprint density at radius 2 is 1.94 bits per heavy atom. The second-order valence-electron chi connectivity index (χ2n) is 10.2. The summed E-state index contributed by atoms with van der Waals surface area (Å²) in [4.78, 5) is 42.1. The molecule has 8 nitrogen and oxygen atoms in total. The molecule has 8 heteroatoms. The Kier molecular flexibility index (Phi) is 6.66. The number of carboxylic acid groups (broad SMARTS) is 1. The number of benzene rings is 1. The van der Waals surface area contributed by atoms with Gasteiger partial charge < -0.3 is 15.2 Å². The van der Waals surface area contributed by atoms with Crippen molar-refractivity contribution < 1.29 is 24.2 Å². The van der Waals surface area contributed by atoms with Crippen LogP contribution in [0.2, 0.25) is 0 Å². The number of rotatable bonds is 8. The van der Waals surface area contributed by atoms with Crippen LogP contribution in [0.5, 0.6) is 0 Å². The van der Waals surface area contributed by atoms with Crippen molar-refractivity contribution in [1.82, 2.24) is 15.1 Å². The number of hydrogen-bond donors (Lipinski definition) is 2. The van der Waals surface area contributed by atoms with Gasteiger partial charge in [-0.25, -0.2) is 4.79 Å². The predicted molar refractivity (Wildman–Crippen MR) is 122 cm³/mol. The zero-order valence-electron chi connectivity index (χ0n) is 19.7. The number of methoxy groups -OCH3 is 1. The minimum Gasteiger partial charge on any atom is -0.469 e. The van der Waals surface area contributed by atoms with Gasteiger partial charge in [-0.05, 0) is 36.2 Å². The number of fused-ring (bicyclic) bond motifs is 1. The largest absolute Gasteiger partial charge is 0.469 e. The molecule has 3 aliphatic heterocycles. The topological polar surface area (TPSA) is 99.2 Å². The zero-order valence-corrected chi connectivity index (χ0v) is 19.7. The third kappa shape index (κ3) is 4.09. The number of hydrogen-bond acceptors (Lipinski definition) is 5. The average molecular weight is 458 g/mol. The molecular weight excluding hydrogens is 422 g/mol. The summed E-state index contributed by atoms with van der Waals surface area (Å²) >= 11 is 0. The van der Waals surface area contributed by atoms with Crippen LogP contribution < -0.4 is 5.32 Å². The minimum atomic E-state index is -1.13. The molecule has 0 aromatic heterocycles. The van der Waals surface area contributed by atoms with E-state index in [-0.39, 0.29) is 42.1 Å². The van der Waals surface area contributed by atoms with Gasteiger partial charge in [0.15, 0.2) is 0 Å². The maximum absolute atomic E-state index is 14.0. The SMILES string of the molecule is COC(=O)CCC1C2CC3CN(CC(C)C)C1C3(C(=O)NCc1ccccc1)N(C(=O)O)C2. The Bertz CT molecular complexity index is 891. The fraction of sp³-hybridized carbons (Fsp3) is 0.640. The van der Waals surface area contributed by atoms with Crippen LogP contribution in [-0.4, -0.2) is 71.2 Å². The van der Waals surface area contributed by atoms with Crippen molar-refractivity contribution in [3.8, 4) is 0 Å². The van der Waals surface area contributed by atoms with Gasteiger partial charge in [-0.1, -0.05) is 44.2 Å². The number of nitrogens with one attached hydrogen (secondary N) is 1. The van der Waals surface area contributed by atoms with Gasteiger partial charge in [0, 0.05) is 44.6 Å². The summed E-state index contributed by atoms with van der Waals surface area (Å²) in [5.41, 5.74) is -0.160. The number of carbonyl (C=O) groups is 3. The molecule has 5 unspecified atom stereocenters. The summed E-state index contributed by atoms with van der Waals surface area (Å²) in [6.45, 7) is 6.47.